The van der Waals surface area contributed by atoms with E-state index in [4.69, 9.17) is 0 Å². The summed E-state index contributed by atoms with van der Waals surface area (Å²) in [6.45, 7) is 1.67. The number of benzene rings is 1. The molecule has 9 heteroatoms. The Labute approximate surface area is 123 Å². The molecule has 1 aliphatic rings. The molecule has 2 rings (SSSR count). The fraction of sp³-hybridized carbons (Fsp3) is 0.500. The molecule has 1 fully saturated rings. The van der Waals surface area contributed by atoms with Crippen LogP contribution < -0.4 is 5.32 Å². The quantitative estimate of drug-likeness (QED) is 0.798. The van der Waals surface area contributed by atoms with E-state index in [2.05, 4.69) is 5.32 Å². The van der Waals surface area contributed by atoms with Crippen LogP contribution in [0.1, 0.15) is 6.42 Å². The van der Waals surface area contributed by atoms with Crippen molar-refractivity contribution >= 4 is 19.9 Å². The maximum absolute atomic E-state index is 13.9. The van der Waals surface area contributed by atoms with Gasteiger partial charge in [-0.25, -0.2) is 21.2 Å². The lowest BCUT2D eigenvalue weighted by molar-refractivity contribution is 0.427. The number of sulfonamides is 1. The number of nitrogens with zero attached hydrogens (tertiary/aromatic N) is 1. The zero-order valence-electron chi connectivity index (χ0n) is 11.5. The van der Waals surface area contributed by atoms with Gasteiger partial charge in [-0.1, -0.05) is 0 Å². The molecule has 0 bridgehead atoms. The fourth-order valence-corrected chi connectivity index (χ4v) is 4.40. The van der Waals surface area contributed by atoms with E-state index in [1.807, 2.05) is 0 Å². The number of sulfone groups is 1. The molecule has 1 N–H and O–H groups in total. The van der Waals surface area contributed by atoms with Gasteiger partial charge in [0.05, 0.1) is 4.90 Å². The second kappa shape index (κ2) is 5.99. The molecule has 1 saturated heterocycles. The predicted molar refractivity (Wildman–Crippen MR) is 75.8 cm³/mol. The molecular formula is C12H17FN2O4S2. The average molecular weight is 336 g/mol. The van der Waals surface area contributed by atoms with Gasteiger partial charge in [0, 0.05) is 25.9 Å². The second-order valence-corrected chi connectivity index (χ2v) is 8.79. The Bertz CT molecular complexity index is 724. The van der Waals surface area contributed by atoms with Crippen molar-refractivity contribution in [3.05, 3.63) is 24.0 Å². The van der Waals surface area contributed by atoms with Crippen molar-refractivity contribution in [2.24, 2.45) is 0 Å². The fourth-order valence-electron chi connectivity index (χ4n) is 2.11. The van der Waals surface area contributed by atoms with Crippen LogP contribution in [0.3, 0.4) is 0 Å². The van der Waals surface area contributed by atoms with Crippen LogP contribution in [-0.2, 0) is 19.9 Å². The minimum absolute atomic E-state index is 0.213. The van der Waals surface area contributed by atoms with Crippen molar-refractivity contribution < 1.29 is 21.2 Å². The first-order chi connectivity index (χ1) is 9.73. The Hall–Kier alpha value is -1.03. The molecule has 1 aromatic rings. The molecule has 0 atom stereocenters. The second-order valence-electron chi connectivity index (χ2n) is 4.87. The van der Waals surface area contributed by atoms with Crippen LogP contribution in [0, 0.1) is 5.82 Å². The molecule has 0 unspecified atom stereocenters. The summed E-state index contributed by atoms with van der Waals surface area (Å²) in [6, 6.07) is 2.82. The van der Waals surface area contributed by atoms with Crippen molar-refractivity contribution in [3.63, 3.8) is 0 Å². The van der Waals surface area contributed by atoms with Crippen LogP contribution in [0.2, 0.25) is 0 Å². The summed E-state index contributed by atoms with van der Waals surface area (Å²) in [7, 11) is -7.65. The minimum Gasteiger partial charge on any atom is -0.315 e. The molecule has 0 radical (unpaired) electrons. The molecule has 0 spiro atoms. The van der Waals surface area contributed by atoms with Crippen molar-refractivity contribution in [2.45, 2.75) is 16.2 Å². The normalized spacial score (nSPS) is 18.4. The van der Waals surface area contributed by atoms with E-state index in [9.17, 15) is 21.2 Å². The molecule has 1 heterocycles. The van der Waals surface area contributed by atoms with E-state index < -0.39 is 30.6 Å². The number of halogens is 1. The highest BCUT2D eigenvalue weighted by atomic mass is 32.2. The van der Waals surface area contributed by atoms with E-state index in [0.29, 0.717) is 19.5 Å². The molecule has 6 nitrogen and oxygen atoms in total. The smallest absolute Gasteiger partial charge is 0.246 e. The summed E-state index contributed by atoms with van der Waals surface area (Å²) >= 11 is 0. The first-order valence-corrected chi connectivity index (χ1v) is 9.76. The number of hydrogen-bond acceptors (Lipinski definition) is 5. The highest BCUT2D eigenvalue weighted by Gasteiger charge is 2.29. The van der Waals surface area contributed by atoms with E-state index >= 15 is 0 Å². The Kier molecular flexibility index (Phi) is 4.66. The summed E-state index contributed by atoms with van der Waals surface area (Å²) < 4.78 is 63.1. The van der Waals surface area contributed by atoms with Crippen molar-refractivity contribution in [1.82, 2.24) is 9.62 Å². The highest BCUT2D eigenvalue weighted by Crippen LogP contribution is 2.23. The van der Waals surface area contributed by atoms with Crippen molar-refractivity contribution in [3.8, 4) is 0 Å². The minimum atomic E-state index is -4.04. The van der Waals surface area contributed by atoms with Crippen LogP contribution >= 0.6 is 0 Å². The lowest BCUT2D eigenvalue weighted by atomic mass is 10.3. The van der Waals surface area contributed by atoms with Crippen molar-refractivity contribution in [2.75, 3.05) is 32.4 Å². The van der Waals surface area contributed by atoms with Gasteiger partial charge < -0.3 is 5.32 Å². The summed E-state index contributed by atoms with van der Waals surface area (Å²) in [4.78, 5) is -0.803. The molecule has 118 valence electrons. The average Bonchev–Trinajstić information content (AvgIpc) is 2.66. The lowest BCUT2D eigenvalue weighted by Gasteiger charge is -2.20. The van der Waals surface area contributed by atoms with E-state index in [-0.39, 0.29) is 18.0 Å². The number of nitrogens with one attached hydrogen (secondary N) is 1. The van der Waals surface area contributed by atoms with Gasteiger partial charge in [0.15, 0.2) is 9.84 Å². The maximum Gasteiger partial charge on any atom is 0.246 e. The molecule has 0 aliphatic carbocycles. The largest absolute Gasteiger partial charge is 0.315 e. The van der Waals surface area contributed by atoms with Gasteiger partial charge >= 0.3 is 0 Å². The van der Waals surface area contributed by atoms with Crippen LogP contribution in [-0.4, -0.2) is 53.6 Å². The van der Waals surface area contributed by atoms with Crippen molar-refractivity contribution in [1.29, 1.82) is 0 Å². The Morgan fingerprint density at radius 1 is 1.14 bits per heavy atom. The molecule has 0 amide bonds. The van der Waals surface area contributed by atoms with Crippen LogP contribution in [0.25, 0.3) is 0 Å². The van der Waals surface area contributed by atoms with Gasteiger partial charge in [-0.05, 0) is 31.2 Å². The zero-order chi connectivity index (χ0) is 15.7. The molecule has 0 aromatic heterocycles. The van der Waals surface area contributed by atoms with Gasteiger partial charge in [0.2, 0.25) is 10.0 Å². The first-order valence-electron chi connectivity index (χ1n) is 6.43. The first kappa shape index (κ1) is 16.3. The highest BCUT2D eigenvalue weighted by molar-refractivity contribution is 7.91. The number of hydrogen-bond donors (Lipinski definition) is 1. The molecule has 0 saturated carbocycles. The molecule has 1 aromatic carbocycles. The summed E-state index contributed by atoms with van der Waals surface area (Å²) in [5, 5.41) is 3.06. The van der Waals surface area contributed by atoms with Crippen LogP contribution in [0.5, 0.6) is 0 Å². The van der Waals surface area contributed by atoms with Crippen LogP contribution in [0.15, 0.2) is 28.0 Å². The predicted octanol–water partition coefficient (Wildman–Crippen LogP) is 0.213. The SMILES string of the molecule is CS(=O)(=O)c1ccc(F)c(S(=O)(=O)N2CCCNCC2)c1. The van der Waals surface area contributed by atoms with E-state index in [1.54, 1.807) is 0 Å². The molecule has 21 heavy (non-hydrogen) atoms. The summed E-state index contributed by atoms with van der Waals surface area (Å²) in [5.74, 6) is -0.945. The van der Waals surface area contributed by atoms with Gasteiger partial charge in [-0.2, -0.15) is 4.31 Å². The summed E-state index contributed by atoms with van der Waals surface area (Å²) in [6.07, 6.45) is 1.57. The number of rotatable bonds is 3. The maximum atomic E-state index is 13.9. The topological polar surface area (TPSA) is 83.5 Å². The monoisotopic (exact) mass is 336 g/mol. The van der Waals surface area contributed by atoms with Gasteiger partial charge in [-0.3, -0.25) is 0 Å². The third kappa shape index (κ3) is 3.60. The lowest BCUT2D eigenvalue weighted by Crippen LogP contribution is -2.34. The van der Waals surface area contributed by atoms with E-state index in [1.165, 1.54) is 4.31 Å². The van der Waals surface area contributed by atoms with E-state index in [0.717, 1.165) is 24.5 Å². The molecular weight excluding hydrogens is 319 g/mol. The van der Waals surface area contributed by atoms with Gasteiger partial charge in [0.1, 0.15) is 10.7 Å². The zero-order valence-corrected chi connectivity index (χ0v) is 13.2. The third-order valence-corrected chi connectivity index (χ3v) is 6.27. The standard InChI is InChI=1S/C12H17FN2O4S2/c1-20(16,17)10-3-4-11(13)12(9-10)21(18,19)15-7-2-5-14-6-8-15/h3-4,9,14H,2,5-8H2,1H3. The Morgan fingerprint density at radius 3 is 2.52 bits per heavy atom. The van der Waals surface area contributed by atoms with Crippen LogP contribution in [0.4, 0.5) is 4.39 Å². The Morgan fingerprint density at radius 2 is 1.86 bits per heavy atom. The van der Waals surface area contributed by atoms with Gasteiger partial charge in [-0.15, -0.1) is 0 Å². The summed E-state index contributed by atoms with van der Waals surface area (Å²) in [5.41, 5.74) is 0. The van der Waals surface area contributed by atoms with Gasteiger partial charge in [0.25, 0.3) is 0 Å². The third-order valence-electron chi connectivity index (χ3n) is 3.25. The Balaban J connectivity index is 2.48. The molecule has 1 aliphatic heterocycles.